The summed E-state index contributed by atoms with van der Waals surface area (Å²) in [6.07, 6.45) is 2.54. The summed E-state index contributed by atoms with van der Waals surface area (Å²) >= 11 is 0. The third kappa shape index (κ3) is 1.25. The molecule has 0 saturated heterocycles. The van der Waals surface area contributed by atoms with Gasteiger partial charge < -0.3 is 9.84 Å². The number of nitrogens with zero attached hydrogens (tertiary/aromatic N) is 1. The summed E-state index contributed by atoms with van der Waals surface area (Å²) in [6.45, 7) is 2.88. The zero-order valence-electron chi connectivity index (χ0n) is 7.55. The predicted molar refractivity (Wildman–Crippen MR) is 46.0 cm³/mol. The lowest BCUT2D eigenvalue weighted by molar-refractivity contribution is 0.379. The first-order valence-corrected chi connectivity index (χ1v) is 4.42. The lowest BCUT2D eigenvalue weighted by Gasteiger charge is -1.98. The van der Waals surface area contributed by atoms with E-state index in [-0.39, 0.29) is 0 Å². The van der Waals surface area contributed by atoms with Gasteiger partial charge in [0.15, 0.2) is 0 Å². The molecule has 0 bridgehead atoms. The van der Waals surface area contributed by atoms with Crippen molar-refractivity contribution in [3.05, 3.63) is 17.0 Å². The van der Waals surface area contributed by atoms with E-state index in [9.17, 15) is 0 Å². The molecule has 0 amide bonds. The molecule has 1 saturated carbocycles. The molecule has 1 N–H and O–H groups in total. The van der Waals surface area contributed by atoms with Crippen LogP contribution in [-0.4, -0.2) is 12.2 Å². The van der Waals surface area contributed by atoms with Gasteiger partial charge in [0.1, 0.15) is 5.76 Å². The van der Waals surface area contributed by atoms with E-state index in [2.05, 4.69) is 10.5 Å². The summed E-state index contributed by atoms with van der Waals surface area (Å²) in [5.41, 5.74) is 2.30. The van der Waals surface area contributed by atoms with Gasteiger partial charge in [0.05, 0.1) is 5.69 Å². The second kappa shape index (κ2) is 2.90. The van der Waals surface area contributed by atoms with E-state index in [1.807, 2.05) is 14.0 Å². The Kier molecular flexibility index (Phi) is 1.89. The van der Waals surface area contributed by atoms with E-state index in [1.165, 1.54) is 18.4 Å². The highest BCUT2D eigenvalue weighted by Crippen LogP contribution is 2.42. The van der Waals surface area contributed by atoms with Gasteiger partial charge in [0, 0.05) is 18.0 Å². The number of hydrogen-bond acceptors (Lipinski definition) is 3. The van der Waals surface area contributed by atoms with Gasteiger partial charge in [-0.2, -0.15) is 0 Å². The first kappa shape index (κ1) is 7.80. The number of aryl methyl sites for hydroxylation is 1. The van der Waals surface area contributed by atoms with Crippen LogP contribution in [0.5, 0.6) is 0 Å². The Labute approximate surface area is 72.1 Å². The maximum atomic E-state index is 5.28. The Morgan fingerprint density at radius 2 is 2.33 bits per heavy atom. The molecule has 0 atom stereocenters. The summed E-state index contributed by atoms with van der Waals surface area (Å²) in [4.78, 5) is 0. The normalized spacial score (nSPS) is 16.8. The molecule has 12 heavy (non-hydrogen) atoms. The Bertz CT molecular complexity index is 276. The molecular formula is C9H14N2O. The highest BCUT2D eigenvalue weighted by Gasteiger charge is 2.30. The van der Waals surface area contributed by atoms with Crippen molar-refractivity contribution >= 4 is 0 Å². The van der Waals surface area contributed by atoms with E-state index in [0.717, 1.165) is 18.0 Å². The fourth-order valence-electron chi connectivity index (χ4n) is 1.46. The van der Waals surface area contributed by atoms with Crippen LogP contribution in [0, 0.1) is 6.92 Å². The molecule has 1 aromatic rings. The molecule has 0 aromatic carbocycles. The predicted octanol–water partition coefficient (Wildman–Crippen LogP) is 1.58. The molecule has 66 valence electrons. The van der Waals surface area contributed by atoms with Crippen LogP contribution in [-0.2, 0) is 6.54 Å². The van der Waals surface area contributed by atoms with Crippen LogP contribution in [0.1, 0.15) is 35.8 Å². The molecule has 1 aromatic heterocycles. The zero-order valence-corrected chi connectivity index (χ0v) is 7.55. The van der Waals surface area contributed by atoms with Crippen LogP contribution in [0.2, 0.25) is 0 Å². The van der Waals surface area contributed by atoms with E-state index >= 15 is 0 Å². The minimum Gasteiger partial charge on any atom is -0.361 e. The first-order chi connectivity index (χ1) is 5.83. The average Bonchev–Trinajstić information content (AvgIpc) is 2.82. The lowest BCUT2D eigenvalue weighted by Crippen LogP contribution is -2.07. The van der Waals surface area contributed by atoms with Crippen LogP contribution in [0.4, 0.5) is 0 Å². The molecule has 3 heteroatoms. The SMILES string of the molecule is CNCc1c(C)noc1C1CC1. The number of rotatable bonds is 3. The number of nitrogens with one attached hydrogen (secondary N) is 1. The fraction of sp³-hybridized carbons (Fsp3) is 0.667. The number of hydrogen-bond donors (Lipinski definition) is 1. The Morgan fingerprint density at radius 3 is 2.92 bits per heavy atom. The van der Waals surface area contributed by atoms with Crippen molar-refractivity contribution < 1.29 is 4.52 Å². The van der Waals surface area contributed by atoms with Gasteiger partial charge in [-0.1, -0.05) is 5.16 Å². The molecule has 1 fully saturated rings. The standard InChI is InChI=1S/C9H14N2O/c1-6-8(5-10-2)9(12-11-6)7-3-4-7/h7,10H,3-5H2,1-2H3. The van der Waals surface area contributed by atoms with Gasteiger partial charge in [-0.25, -0.2) is 0 Å². The van der Waals surface area contributed by atoms with Crippen molar-refractivity contribution in [1.82, 2.24) is 10.5 Å². The van der Waals surface area contributed by atoms with E-state index in [0.29, 0.717) is 5.92 Å². The highest BCUT2D eigenvalue weighted by molar-refractivity contribution is 5.27. The Balaban J connectivity index is 2.26. The third-order valence-corrected chi connectivity index (χ3v) is 2.32. The summed E-state index contributed by atoms with van der Waals surface area (Å²) in [5.74, 6) is 1.77. The second-order valence-electron chi connectivity index (χ2n) is 3.42. The molecule has 0 aliphatic heterocycles. The zero-order chi connectivity index (χ0) is 8.55. The van der Waals surface area contributed by atoms with Gasteiger partial charge in [0.25, 0.3) is 0 Å². The smallest absolute Gasteiger partial charge is 0.144 e. The van der Waals surface area contributed by atoms with Crippen molar-refractivity contribution in [2.75, 3.05) is 7.05 Å². The molecule has 1 aliphatic carbocycles. The molecular weight excluding hydrogens is 152 g/mol. The van der Waals surface area contributed by atoms with Crippen LogP contribution < -0.4 is 5.32 Å². The molecule has 1 heterocycles. The Hall–Kier alpha value is -0.830. The van der Waals surface area contributed by atoms with Gasteiger partial charge >= 0.3 is 0 Å². The summed E-state index contributed by atoms with van der Waals surface area (Å²) in [7, 11) is 1.95. The van der Waals surface area contributed by atoms with E-state index in [4.69, 9.17) is 4.52 Å². The fourth-order valence-corrected chi connectivity index (χ4v) is 1.46. The van der Waals surface area contributed by atoms with Crippen molar-refractivity contribution in [1.29, 1.82) is 0 Å². The molecule has 0 radical (unpaired) electrons. The summed E-state index contributed by atoms with van der Waals surface area (Å²) in [5, 5.41) is 7.12. The quantitative estimate of drug-likeness (QED) is 0.740. The van der Waals surface area contributed by atoms with Crippen LogP contribution in [0.3, 0.4) is 0 Å². The van der Waals surface area contributed by atoms with Crippen LogP contribution in [0.25, 0.3) is 0 Å². The topological polar surface area (TPSA) is 38.1 Å². The molecule has 0 spiro atoms. The van der Waals surface area contributed by atoms with E-state index < -0.39 is 0 Å². The van der Waals surface area contributed by atoms with Gasteiger partial charge in [-0.05, 0) is 26.8 Å². The maximum absolute atomic E-state index is 5.28. The van der Waals surface area contributed by atoms with Crippen molar-refractivity contribution in [2.24, 2.45) is 0 Å². The van der Waals surface area contributed by atoms with Crippen LogP contribution >= 0.6 is 0 Å². The summed E-state index contributed by atoms with van der Waals surface area (Å²) in [6, 6.07) is 0. The van der Waals surface area contributed by atoms with Gasteiger partial charge in [0.2, 0.25) is 0 Å². The van der Waals surface area contributed by atoms with Crippen molar-refractivity contribution in [3.63, 3.8) is 0 Å². The minimum absolute atomic E-state index is 0.662. The molecule has 0 unspecified atom stereocenters. The second-order valence-corrected chi connectivity index (χ2v) is 3.42. The Morgan fingerprint density at radius 1 is 1.58 bits per heavy atom. The summed E-state index contributed by atoms with van der Waals surface area (Å²) < 4.78 is 5.28. The van der Waals surface area contributed by atoms with Crippen LogP contribution in [0.15, 0.2) is 4.52 Å². The average molecular weight is 166 g/mol. The number of aromatic nitrogens is 1. The molecule has 1 aliphatic rings. The van der Waals surface area contributed by atoms with Gasteiger partial charge in [-0.3, -0.25) is 0 Å². The minimum atomic E-state index is 0.662. The molecule has 2 rings (SSSR count). The first-order valence-electron chi connectivity index (χ1n) is 4.42. The van der Waals surface area contributed by atoms with Crippen molar-refractivity contribution in [2.45, 2.75) is 32.2 Å². The molecule has 3 nitrogen and oxygen atoms in total. The highest BCUT2D eigenvalue weighted by atomic mass is 16.5. The monoisotopic (exact) mass is 166 g/mol. The van der Waals surface area contributed by atoms with Gasteiger partial charge in [-0.15, -0.1) is 0 Å². The van der Waals surface area contributed by atoms with E-state index in [1.54, 1.807) is 0 Å². The van der Waals surface area contributed by atoms with Crippen molar-refractivity contribution in [3.8, 4) is 0 Å². The lowest BCUT2D eigenvalue weighted by atomic mass is 10.1. The third-order valence-electron chi connectivity index (χ3n) is 2.32. The largest absolute Gasteiger partial charge is 0.361 e. The maximum Gasteiger partial charge on any atom is 0.144 e.